The quantitative estimate of drug-likeness (QED) is 0.742. The molecule has 0 aliphatic heterocycles. The van der Waals surface area contributed by atoms with E-state index in [4.69, 9.17) is 5.73 Å². The van der Waals surface area contributed by atoms with Crippen LogP contribution in [0.1, 0.15) is 59.3 Å². The third-order valence-corrected chi connectivity index (χ3v) is 3.90. The first-order chi connectivity index (χ1) is 7.99. The Kier molecular flexibility index (Phi) is 5.96. The zero-order valence-corrected chi connectivity index (χ0v) is 11.5. The van der Waals surface area contributed by atoms with Crippen molar-refractivity contribution >= 4 is 5.91 Å². The molecule has 0 saturated heterocycles. The maximum Gasteiger partial charge on any atom is 0.221 e. The molecule has 0 aromatic rings. The normalized spacial score (nSPS) is 27.6. The molecule has 1 rings (SSSR count). The molecule has 0 heterocycles. The van der Waals surface area contributed by atoms with Gasteiger partial charge in [0.15, 0.2) is 0 Å². The third-order valence-electron chi connectivity index (χ3n) is 3.90. The molecule has 0 bridgehead atoms. The number of nitrogens with two attached hydrogens (primary N) is 1. The van der Waals surface area contributed by atoms with Crippen molar-refractivity contribution in [3.63, 3.8) is 0 Å². The largest absolute Gasteiger partial charge is 0.353 e. The lowest BCUT2D eigenvalue weighted by atomic mass is 10.0. The summed E-state index contributed by atoms with van der Waals surface area (Å²) in [5.41, 5.74) is 5.91. The highest BCUT2D eigenvalue weighted by atomic mass is 16.1. The average Bonchev–Trinajstić information content (AvgIpc) is 2.43. The van der Waals surface area contributed by atoms with E-state index in [-0.39, 0.29) is 11.9 Å². The average molecular weight is 240 g/mol. The zero-order valence-electron chi connectivity index (χ0n) is 11.5. The standard InChI is InChI=1S/C14H28N2O/c1-10(2)13(15)9-14(17)16-12-6-4-5-11(3)7-8-12/h10-13H,4-9,15H2,1-3H3,(H,16,17). The summed E-state index contributed by atoms with van der Waals surface area (Å²) in [6.07, 6.45) is 6.50. The van der Waals surface area contributed by atoms with Crippen molar-refractivity contribution in [2.45, 2.75) is 71.4 Å². The van der Waals surface area contributed by atoms with E-state index in [9.17, 15) is 4.79 Å². The van der Waals surface area contributed by atoms with Crippen LogP contribution in [0.5, 0.6) is 0 Å². The van der Waals surface area contributed by atoms with Gasteiger partial charge in [-0.1, -0.05) is 33.6 Å². The maximum absolute atomic E-state index is 11.8. The summed E-state index contributed by atoms with van der Waals surface area (Å²) in [5.74, 6) is 1.32. The van der Waals surface area contributed by atoms with Crippen molar-refractivity contribution < 1.29 is 4.79 Å². The molecular formula is C14H28N2O. The van der Waals surface area contributed by atoms with Gasteiger partial charge in [0.25, 0.3) is 0 Å². The molecule has 0 spiro atoms. The van der Waals surface area contributed by atoms with Crippen LogP contribution < -0.4 is 11.1 Å². The summed E-state index contributed by atoms with van der Waals surface area (Å²) in [5, 5.41) is 3.15. The van der Waals surface area contributed by atoms with E-state index in [1.54, 1.807) is 0 Å². The summed E-state index contributed by atoms with van der Waals surface area (Å²) < 4.78 is 0. The third kappa shape index (κ3) is 5.53. The Morgan fingerprint density at radius 3 is 2.65 bits per heavy atom. The van der Waals surface area contributed by atoms with E-state index >= 15 is 0 Å². The van der Waals surface area contributed by atoms with Crippen LogP contribution in [0.4, 0.5) is 0 Å². The van der Waals surface area contributed by atoms with Crippen LogP contribution in [0, 0.1) is 11.8 Å². The highest BCUT2D eigenvalue weighted by Gasteiger charge is 2.19. The molecule has 100 valence electrons. The van der Waals surface area contributed by atoms with Gasteiger partial charge in [-0.15, -0.1) is 0 Å². The van der Waals surface area contributed by atoms with Crippen LogP contribution in [0.3, 0.4) is 0 Å². The number of hydrogen-bond donors (Lipinski definition) is 2. The minimum atomic E-state index is -0.0142. The molecule has 0 radical (unpaired) electrons. The van der Waals surface area contributed by atoms with E-state index in [1.165, 1.54) is 19.3 Å². The van der Waals surface area contributed by atoms with E-state index in [1.807, 2.05) is 0 Å². The Morgan fingerprint density at radius 2 is 2.00 bits per heavy atom. The van der Waals surface area contributed by atoms with E-state index < -0.39 is 0 Å². The molecule has 3 unspecified atom stereocenters. The monoisotopic (exact) mass is 240 g/mol. The van der Waals surface area contributed by atoms with E-state index in [0.717, 1.165) is 18.8 Å². The Hall–Kier alpha value is -0.570. The van der Waals surface area contributed by atoms with Crippen molar-refractivity contribution in [2.24, 2.45) is 17.6 Å². The van der Waals surface area contributed by atoms with Gasteiger partial charge in [-0.25, -0.2) is 0 Å². The number of hydrogen-bond acceptors (Lipinski definition) is 2. The molecular weight excluding hydrogens is 212 g/mol. The number of nitrogens with one attached hydrogen (secondary N) is 1. The first kappa shape index (κ1) is 14.5. The van der Waals surface area contributed by atoms with Gasteiger partial charge in [-0.3, -0.25) is 4.79 Å². The van der Waals surface area contributed by atoms with Crippen LogP contribution in [0.2, 0.25) is 0 Å². The molecule has 17 heavy (non-hydrogen) atoms. The summed E-state index contributed by atoms with van der Waals surface area (Å²) in [6, 6.07) is 0.367. The second kappa shape index (κ2) is 7.00. The molecule has 3 nitrogen and oxygen atoms in total. The molecule has 0 aromatic heterocycles. The second-order valence-electron chi connectivity index (χ2n) is 5.99. The minimum Gasteiger partial charge on any atom is -0.353 e. The van der Waals surface area contributed by atoms with Gasteiger partial charge in [0.1, 0.15) is 0 Å². The van der Waals surface area contributed by atoms with Crippen molar-refractivity contribution in [3.8, 4) is 0 Å². The first-order valence-corrected chi connectivity index (χ1v) is 7.04. The van der Waals surface area contributed by atoms with Crippen LogP contribution in [0.25, 0.3) is 0 Å². The fourth-order valence-corrected chi connectivity index (χ4v) is 2.37. The second-order valence-corrected chi connectivity index (χ2v) is 5.99. The van der Waals surface area contributed by atoms with Gasteiger partial charge in [0.05, 0.1) is 0 Å². The topological polar surface area (TPSA) is 55.1 Å². The van der Waals surface area contributed by atoms with Gasteiger partial charge in [-0.05, 0) is 31.1 Å². The molecule has 1 amide bonds. The van der Waals surface area contributed by atoms with Crippen LogP contribution in [-0.4, -0.2) is 18.0 Å². The van der Waals surface area contributed by atoms with E-state index in [2.05, 4.69) is 26.1 Å². The molecule has 0 aromatic carbocycles. The van der Waals surface area contributed by atoms with Gasteiger partial charge in [0, 0.05) is 18.5 Å². The van der Waals surface area contributed by atoms with Crippen LogP contribution >= 0.6 is 0 Å². The van der Waals surface area contributed by atoms with Crippen molar-refractivity contribution in [1.82, 2.24) is 5.32 Å². The van der Waals surface area contributed by atoms with Crippen LogP contribution in [-0.2, 0) is 4.79 Å². The summed E-state index contributed by atoms with van der Waals surface area (Å²) >= 11 is 0. The molecule has 3 N–H and O–H groups in total. The summed E-state index contributed by atoms with van der Waals surface area (Å²) in [7, 11) is 0. The predicted molar refractivity (Wildman–Crippen MR) is 71.6 cm³/mol. The lowest BCUT2D eigenvalue weighted by molar-refractivity contribution is -0.122. The van der Waals surface area contributed by atoms with Gasteiger partial charge >= 0.3 is 0 Å². The highest BCUT2D eigenvalue weighted by molar-refractivity contribution is 5.76. The molecule has 3 heteroatoms. The Labute approximate surface area is 106 Å². The smallest absolute Gasteiger partial charge is 0.221 e. The molecule has 1 aliphatic carbocycles. The van der Waals surface area contributed by atoms with Crippen molar-refractivity contribution in [1.29, 1.82) is 0 Å². The molecule has 3 atom stereocenters. The van der Waals surface area contributed by atoms with E-state index in [0.29, 0.717) is 18.4 Å². The summed E-state index contributed by atoms with van der Waals surface area (Å²) in [6.45, 7) is 6.43. The maximum atomic E-state index is 11.8. The zero-order chi connectivity index (χ0) is 12.8. The fourth-order valence-electron chi connectivity index (χ4n) is 2.37. The molecule has 1 saturated carbocycles. The fraction of sp³-hybridized carbons (Fsp3) is 0.929. The van der Waals surface area contributed by atoms with Gasteiger partial charge in [0.2, 0.25) is 5.91 Å². The number of carbonyl (C=O) groups is 1. The number of amides is 1. The Bertz CT molecular complexity index is 240. The molecule has 1 aliphatic rings. The number of carbonyl (C=O) groups excluding carboxylic acids is 1. The minimum absolute atomic E-state index is 0.0142. The lowest BCUT2D eigenvalue weighted by Crippen LogP contribution is -2.39. The molecule has 1 fully saturated rings. The van der Waals surface area contributed by atoms with Gasteiger partial charge in [-0.2, -0.15) is 0 Å². The SMILES string of the molecule is CC1CCCC(NC(=O)CC(N)C(C)C)CC1. The Morgan fingerprint density at radius 1 is 1.29 bits per heavy atom. The summed E-state index contributed by atoms with van der Waals surface area (Å²) in [4.78, 5) is 11.8. The van der Waals surface area contributed by atoms with Crippen molar-refractivity contribution in [3.05, 3.63) is 0 Å². The van der Waals surface area contributed by atoms with Crippen molar-refractivity contribution in [2.75, 3.05) is 0 Å². The number of rotatable bonds is 4. The van der Waals surface area contributed by atoms with Crippen LogP contribution in [0.15, 0.2) is 0 Å². The highest BCUT2D eigenvalue weighted by Crippen LogP contribution is 2.22. The van der Waals surface area contributed by atoms with Gasteiger partial charge < -0.3 is 11.1 Å². The lowest BCUT2D eigenvalue weighted by Gasteiger charge is -2.19. The predicted octanol–water partition coefficient (Wildman–Crippen LogP) is 2.44. The Balaban J connectivity index is 2.30. The first-order valence-electron chi connectivity index (χ1n) is 7.04.